The predicted octanol–water partition coefficient (Wildman–Crippen LogP) is 4.34. The number of fused-ring (bicyclic) bond motifs is 1. The van der Waals surface area contributed by atoms with Crippen LogP contribution in [0.3, 0.4) is 0 Å². The van der Waals surface area contributed by atoms with Crippen LogP contribution in [-0.4, -0.2) is 5.11 Å². The van der Waals surface area contributed by atoms with Gasteiger partial charge in [0.1, 0.15) is 5.75 Å². The molecule has 0 aliphatic rings. The Balaban J connectivity index is 1.84. The van der Waals surface area contributed by atoms with Crippen LogP contribution in [0.4, 0.5) is 0 Å². The summed E-state index contributed by atoms with van der Waals surface area (Å²) in [6.07, 6.45) is 3.08. The molecule has 1 nitrogen and oxygen atoms in total. The van der Waals surface area contributed by atoms with Crippen molar-refractivity contribution in [3.63, 3.8) is 0 Å². The zero-order valence-corrected chi connectivity index (χ0v) is 10.6. The van der Waals surface area contributed by atoms with Gasteiger partial charge in [0.05, 0.1) is 0 Å². The maximum absolute atomic E-state index is 9.27. The first-order valence-corrected chi connectivity index (χ1v) is 6.42. The van der Waals surface area contributed by atoms with Gasteiger partial charge >= 0.3 is 0 Å². The van der Waals surface area contributed by atoms with Crippen LogP contribution >= 0.6 is 0 Å². The lowest BCUT2D eigenvalue weighted by Crippen LogP contribution is -1.90. The average Bonchev–Trinajstić information content (AvgIpc) is 2.47. The maximum Gasteiger partial charge on any atom is 0.115 e. The van der Waals surface area contributed by atoms with Crippen molar-refractivity contribution in [2.75, 3.05) is 0 Å². The summed E-state index contributed by atoms with van der Waals surface area (Å²) in [5.41, 5.74) is 2.46. The van der Waals surface area contributed by atoms with Crippen molar-refractivity contribution in [2.45, 2.75) is 6.42 Å². The average molecular weight is 247 g/mol. The lowest BCUT2D eigenvalue weighted by atomic mass is 9.99. The van der Waals surface area contributed by atoms with Gasteiger partial charge < -0.3 is 5.11 Å². The summed E-state index contributed by atoms with van der Waals surface area (Å²) in [5, 5.41) is 11.9. The van der Waals surface area contributed by atoms with Gasteiger partial charge in [-0.3, -0.25) is 0 Å². The minimum atomic E-state index is 0.308. The van der Waals surface area contributed by atoms with Crippen molar-refractivity contribution >= 4 is 10.8 Å². The van der Waals surface area contributed by atoms with Crippen molar-refractivity contribution in [3.05, 3.63) is 84.3 Å². The van der Waals surface area contributed by atoms with E-state index in [-0.39, 0.29) is 0 Å². The van der Waals surface area contributed by atoms with E-state index < -0.39 is 0 Å². The van der Waals surface area contributed by atoms with E-state index in [0.29, 0.717) is 5.75 Å². The standard InChI is InChI=1S/C18H15O/c19-17-12-9-14(10-13-17)8-11-16-6-3-5-15-4-1-2-7-18(15)16/h1-10,12-13,19H,11H2. The number of phenolic OH excluding ortho intramolecular Hbond substituents is 1. The summed E-state index contributed by atoms with van der Waals surface area (Å²) in [6, 6.07) is 22.1. The van der Waals surface area contributed by atoms with Crippen LogP contribution in [0.1, 0.15) is 11.1 Å². The fourth-order valence-electron chi connectivity index (χ4n) is 2.31. The summed E-state index contributed by atoms with van der Waals surface area (Å²) in [4.78, 5) is 0. The molecule has 19 heavy (non-hydrogen) atoms. The number of benzene rings is 3. The minimum Gasteiger partial charge on any atom is -0.508 e. The first-order valence-electron chi connectivity index (χ1n) is 6.42. The molecule has 3 aromatic carbocycles. The third-order valence-electron chi connectivity index (χ3n) is 3.33. The second-order valence-electron chi connectivity index (χ2n) is 4.64. The van der Waals surface area contributed by atoms with Gasteiger partial charge in [-0.25, -0.2) is 0 Å². The van der Waals surface area contributed by atoms with Crippen LogP contribution in [-0.2, 0) is 6.42 Å². The second kappa shape index (κ2) is 5.15. The Morgan fingerprint density at radius 2 is 1.53 bits per heavy atom. The Kier molecular flexibility index (Phi) is 3.20. The second-order valence-corrected chi connectivity index (χ2v) is 4.64. The van der Waals surface area contributed by atoms with Gasteiger partial charge in [-0.2, -0.15) is 0 Å². The fraction of sp³-hybridized carbons (Fsp3) is 0.0556. The van der Waals surface area contributed by atoms with Crippen LogP contribution < -0.4 is 0 Å². The molecule has 0 aromatic heterocycles. The first-order chi connectivity index (χ1) is 9.33. The summed E-state index contributed by atoms with van der Waals surface area (Å²) < 4.78 is 0. The summed E-state index contributed by atoms with van der Waals surface area (Å²) in [7, 11) is 0. The van der Waals surface area contributed by atoms with E-state index in [9.17, 15) is 5.11 Å². The van der Waals surface area contributed by atoms with Crippen molar-refractivity contribution in [3.8, 4) is 5.75 Å². The molecule has 3 aromatic rings. The highest BCUT2D eigenvalue weighted by atomic mass is 16.3. The van der Waals surface area contributed by atoms with Gasteiger partial charge in [0.15, 0.2) is 0 Å². The van der Waals surface area contributed by atoms with E-state index in [1.54, 1.807) is 12.1 Å². The van der Waals surface area contributed by atoms with Crippen LogP contribution in [0.2, 0.25) is 0 Å². The minimum absolute atomic E-state index is 0.308. The van der Waals surface area contributed by atoms with Gasteiger partial charge in [0.25, 0.3) is 0 Å². The maximum atomic E-state index is 9.27. The van der Waals surface area contributed by atoms with E-state index >= 15 is 0 Å². The highest BCUT2D eigenvalue weighted by molar-refractivity contribution is 5.85. The lowest BCUT2D eigenvalue weighted by Gasteiger charge is -2.06. The molecule has 1 radical (unpaired) electrons. The molecule has 93 valence electrons. The van der Waals surface area contributed by atoms with E-state index in [2.05, 4.69) is 48.9 Å². The molecular formula is C18H15O. The third kappa shape index (κ3) is 2.60. The SMILES string of the molecule is Oc1ccc([CH]Cc2cccc3ccccc23)cc1. The highest BCUT2D eigenvalue weighted by Crippen LogP contribution is 2.21. The Hall–Kier alpha value is -2.28. The van der Waals surface area contributed by atoms with E-state index in [1.165, 1.54) is 16.3 Å². The summed E-state index contributed by atoms with van der Waals surface area (Å²) in [6.45, 7) is 0. The zero-order chi connectivity index (χ0) is 13.1. The molecule has 0 amide bonds. The van der Waals surface area contributed by atoms with E-state index in [0.717, 1.165) is 12.0 Å². The molecule has 0 aliphatic carbocycles. The third-order valence-corrected chi connectivity index (χ3v) is 3.33. The Morgan fingerprint density at radius 1 is 0.789 bits per heavy atom. The molecule has 0 aliphatic heterocycles. The topological polar surface area (TPSA) is 20.2 Å². The molecule has 0 atom stereocenters. The molecule has 0 fully saturated rings. The van der Waals surface area contributed by atoms with Crippen molar-refractivity contribution < 1.29 is 5.11 Å². The van der Waals surface area contributed by atoms with Gasteiger partial charge in [-0.05, 0) is 46.9 Å². The van der Waals surface area contributed by atoms with Crippen LogP contribution in [0.15, 0.2) is 66.7 Å². The van der Waals surface area contributed by atoms with Crippen molar-refractivity contribution in [1.29, 1.82) is 0 Å². The van der Waals surface area contributed by atoms with E-state index in [4.69, 9.17) is 0 Å². The fourth-order valence-corrected chi connectivity index (χ4v) is 2.31. The predicted molar refractivity (Wildman–Crippen MR) is 79.2 cm³/mol. The largest absolute Gasteiger partial charge is 0.508 e. The number of phenols is 1. The molecular weight excluding hydrogens is 232 g/mol. The number of aromatic hydroxyl groups is 1. The zero-order valence-electron chi connectivity index (χ0n) is 10.6. The van der Waals surface area contributed by atoms with Crippen LogP contribution in [0.5, 0.6) is 5.75 Å². The molecule has 0 spiro atoms. The van der Waals surface area contributed by atoms with Gasteiger partial charge in [-0.15, -0.1) is 0 Å². The highest BCUT2D eigenvalue weighted by Gasteiger charge is 2.01. The normalized spacial score (nSPS) is 10.7. The monoisotopic (exact) mass is 247 g/mol. The van der Waals surface area contributed by atoms with Crippen LogP contribution in [0.25, 0.3) is 10.8 Å². The molecule has 0 bridgehead atoms. The number of rotatable bonds is 3. The first kappa shape index (κ1) is 11.8. The van der Waals surface area contributed by atoms with Crippen LogP contribution in [0, 0.1) is 6.42 Å². The molecule has 3 rings (SSSR count). The molecule has 0 unspecified atom stereocenters. The Bertz CT molecular complexity index is 678. The summed E-state index contributed by atoms with van der Waals surface area (Å²) in [5.74, 6) is 0.308. The molecule has 0 saturated heterocycles. The lowest BCUT2D eigenvalue weighted by molar-refractivity contribution is 0.475. The Morgan fingerprint density at radius 3 is 2.37 bits per heavy atom. The van der Waals surface area contributed by atoms with E-state index in [1.807, 2.05) is 12.1 Å². The van der Waals surface area contributed by atoms with Gasteiger partial charge in [-0.1, -0.05) is 54.6 Å². The molecule has 1 N–H and O–H groups in total. The number of hydrogen-bond acceptors (Lipinski definition) is 1. The van der Waals surface area contributed by atoms with Crippen molar-refractivity contribution in [2.24, 2.45) is 0 Å². The smallest absolute Gasteiger partial charge is 0.115 e. The quantitative estimate of drug-likeness (QED) is 0.730. The molecule has 0 heterocycles. The van der Waals surface area contributed by atoms with Gasteiger partial charge in [0, 0.05) is 0 Å². The molecule has 1 heteroatoms. The van der Waals surface area contributed by atoms with Gasteiger partial charge in [0.2, 0.25) is 0 Å². The Labute approximate surface area is 113 Å². The number of hydrogen-bond donors (Lipinski definition) is 1. The molecule has 0 saturated carbocycles. The summed E-state index contributed by atoms with van der Waals surface area (Å²) >= 11 is 0. The van der Waals surface area contributed by atoms with Crippen molar-refractivity contribution in [1.82, 2.24) is 0 Å².